The Kier molecular flexibility index (Phi) is 12.7. The van der Waals surface area contributed by atoms with E-state index in [4.69, 9.17) is 0 Å². The second-order valence-electron chi connectivity index (χ2n) is 16.2. The molecule has 0 spiro atoms. The van der Waals surface area contributed by atoms with Crippen LogP contribution in [-0.4, -0.2) is 90.3 Å². The van der Waals surface area contributed by atoms with E-state index in [1.807, 2.05) is 6.08 Å². The second-order valence-corrected chi connectivity index (χ2v) is 16.2. The van der Waals surface area contributed by atoms with E-state index in [0.29, 0.717) is 66.4 Å². The van der Waals surface area contributed by atoms with Crippen LogP contribution in [0.2, 0.25) is 0 Å². The molecule has 17 heteroatoms. The maximum Gasteiger partial charge on any atom is 0.572 e. The smallest absolute Gasteiger partial charge is 0.410 e. The van der Waals surface area contributed by atoms with Gasteiger partial charge in [0.25, 0.3) is 5.56 Å². The number of aryl methyl sites for hydroxylation is 1. The van der Waals surface area contributed by atoms with E-state index in [2.05, 4.69) is 20.3 Å². The summed E-state index contributed by atoms with van der Waals surface area (Å²) in [6.07, 6.45) is -0.0199. The molecule has 61 heavy (non-hydrogen) atoms. The van der Waals surface area contributed by atoms with Crippen molar-refractivity contribution in [1.82, 2.24) is 19.7 Å². The van der Waals surface area contributed by atoms with E-state index >= 15 is 0 Å². The number of nitrogens with one attached hydrogen (secondary N) is 2. The molecule has 0 radical (unpaired) electrons. The number of alkyl halides is 6. The van der Waals surface area contributed by atoms with Gasteiger partial charge in [0.2, 0.25) is 17.7 Å². The minimum atomic E-state index is -4.91. The average Bonchev–Trinajstić information content (AvgIpc) is 3.57. The van der Waals surface area contributed by atoms with Gasteiger partial charge in [0.15, 0.2) is 0 Å². The highest BCUT2D eigenvalue weighted by Gasteiger charge is 2.38. The maximum atomic E-state index is 14.3. The third kappa shape index (κ3) is 10.3. The molecule has 1 aromatic heterocycles. The fourth-order valence-electron chi connectivity index (χ4n) is 8.87. The van der Waals surface area contributed by atoms with Gasteiger partial charge in [-0.1, -0.05) is 30.4 Å². The van der Waals surface area contributed by atoms with Crippen LogP contribution in [0.3, 0.4) is 0 Å². The zero-order chi connectivity index (χ0) is 43.6. The molecule has 2 atom stereocenters. The Balaban J connectivity index is 0.973. The fraction of sp³-hybridized carbons (Fsp3) is 0.455. The number of hydrogen-bond acceptors (Lipinski definition) is 8. The number of hydrogen-bond donors (Lipinski definition) is 2. The van der Waals surface area contributed by atoms with E-state index in [0.717, 1.165) is 18.9 Å². The molecule has 3 aromatic rings. The Hall–Kier alpha value is -5.58. The molecule has 3 aliphatic heterocycles. The van der Waals surface area contributed by atoms with Crippen molar-refractivity contribution >= 4 is 45.4 Å². The first-order chi connectivity index (χ1) is 28.9. The Morgan fingerprint density at radius 3 is 2.36 bits per heavy atom. The number of imide groups is 1. The number of aromatic nitrogens is 1. The van der Waals surface area contributed by atoms with Gasteiger partial charge in [-0.05, 0) is 91.9 Å². The minimum Gasteiger partial charge on any atom is -0.410 e. The lowest BCUT2D eigenvalue weighted by atomic mass is 9.93. The van der Waals surface area contributed by atoms with Crippen LogP contribution in [0.15, 0.2) is 83.0 Å². The number of benzene rings is 2. The molecule has 2 aromatic carbocycles. The van der Waals surface area contributed by atoms with E-state index in [1.54, 1.807) is 60.4 Å². The number of piperidine rings is 2. The van der Waals surface area contributed by atoms with Crippen LogP contribution in [-0.2, 0) is 32.3 Å². The average molecular weight is 855 g/mol. The highest BCUT2D eigenvalue weighted by molar-refractivity contribution is 6.01. The van der Waals surface area contributed by atoms with Gasteiger partial charge in [-0.25, -0.2) is 0 Å². The summed E-state index contributed by atoms with van der Waals surface area (Å²) >= 11 is 0. The molecule has 3 amide bonds. The molecule has 0 saturated carbocycles. The number of halogens is 6. The van der Waals surface area contributed by atoms with Gasteiger partial charge in [-0.15, -0.1) is 13.2 Å². The first-order valence-corrected chi connectivity index (χ1v) is 20.4. The van der Waals surface area contributed by atoms with E-state index in [1.165, 1.54) is 22.8 Å². The summed E-state index contributed by atoms with van der Waals surface area (Å²) in [5.74, 6) is -1.71. The molecule has 11 nitrogen and oxygen atoms in total. The third-order valence-electron chi connectivity index (χ3n) is 12.0. The van der Waals surface area contributed by atoms with Crippen molar-refractivity contribution in [2.45, 2.75) is 76.0 Å². The van der Waals surface area contributed by atoms with Gasteiger partial charge in [0.05, 0.1) is 5.56 Å². The molecule has 4 heterocycles. The zero-order valence-corrected chi connectivity index (χ0v) is 33.9. The zero-order valence-electron chi connectivity index (χ0n) is 33.9. The molecule has 7 rings (SSSR count). The number of carbonyl (C=O) groups excluding carboxylic acids is 3. The Bertz CT molecular complexity index is 2330. The van der Waals surface area contributed by atoms with E-state index < -0.39 is 36.0 Å². The van der Waals surface area contributed by atoms with Crippen LogP contribution in [0.1, 0.15) is 62.5 Å². The lowest BCUT2D eigenvalue weighted by Gasteiger charge is -2.37. The monoisotopic (exact) mass is 854 g/mol. The number of pyridine rings is 1. The topological polar surface area (TPSA) is 116 Å². The minimum absolute atomic E-state index is 0.00647. The number of fused-ring (bicyclic) bond motifs is 1. The lowest BCUT2D eigenvalue weighted by molar-refractivity contribution is -0.306. The van der Waals surface area contributed by atoms with Crippen LogP contribution in [0.25, 0.3) is 16.3 Å². The summed E-state index contributed by atoms with van der Waals surface area (Å²) in [5.41, 5.74) is 0.805. The van der Waals surface area contributed by atoms with Crippen molar-refractivity contribution in [3.05, 3.63) is 99.7 Å². The number of carbonyl (C=O) groups is 3. The van der Waals surface area contributed by atoms with Crippen molar-refractivity contribution in [1.29, 1.82) is 0 Å². The molecule has 0 bridgehead atoms. The molecule has 4 aliphatic rings. The molecular formula is C44H48F6N6O5. The number of anilines is 2. The second kappa shape index (κ2) is 17.8. The number of amides is 3. The van der Waals surface area contributed by atoms with Crippen molar-refractivity contribution in [2.75, 3.05) is 50.0 Å². The van der Waals surface area contributed by atoms with Gasteiger partial charge in [-0.3, -0.25) is 29.4 Å². The van der Waals surface area contributed by atoms with Crippen LogP contribution < -0.4 is 21.1 Å². The van der Waals surface area contributed by atoms with Gasteiger partial charge < -0.3 is 24.4 Å². The number of likely N-dealkylation sites (tertiary alicyclic amines) is 1. The predicted octanol–water partition coefficient (Wildman–Crippen LogP) is 7.14. The molecule has 1 aliphatic carbocycles. The Labute approximate surface area is 348 Å². The standard InChI is InChI=1S/C44H48F6N6O5/c1-53-26-35(33-7-3-4-8-34(33)42(53)60)29-10-9-27(22-32(23-29)61-44(48,49)50)25-55-18-5-6-31(17-19-55)54(2)41(59)28-15-20-56(21-16-28)38-13-11-30(24-36(38)43(45,46)47)51-37-12-14-39(57)52-40(37)58/h3-4,7-11,13,23-24,26,28,31,37,51H,5-6,12,14-22,25H2,1-2H3,(H,52,57,58). The van der Waals surface area contributed by atoms with Crippen molar-refractivity contribution in [2.24, 2.45) is 13.0 Å². The summed E-state index contributed by atoms with van der Waals surface area (Å²) in [6, 6.07) is 9.86. The largest absolute Gasteiger partial charge is 0.572 e. The first kappa shape index (κ1) is 43.5. The van der Waals surface area contributed by atoms with Crippen LogP contribution in [0, 0.1) is 5.92 Å². The number of ether oxygens (including phenoxy) is 1. The molecule has 326 valence electrons. The van der Waals surface area contributed by atoms with E-state index in [9.17, 15) is 45.5 Å². The van der Waals surface area contributed by atoms with Gasteiger partial charge in [0.1, 0.15) is 11.8 Å². The van der Waals surface area contributed by atoms with Crippen LogP contribution >= 0.6 is 0 Å². The van der Waals surface area contributed by atoms with Gasteiger partial charge in [0, 0.05) is 93.6 Å². The van der Waals surface area contributed by atoms with Gasteiger partial charge in [-0.2, -0.15) is 13.2 Å². The highest BCUT2D eigenvalue weighted by Crippen LogP contribution is 2.40. The summed E-state index contributed by atoms with van der Waals surface area (Å²) in [5, 5.41) is 6.07. The quantitative estimate of drug-likeness (QED) is 0.173. The lowest BCUT2D eigenvalue weighted by Crippen LogP contribution is -2.47. The van der Waals surface area contributed by atoms with Crippen molar-refractivity contribution in [3.63, 3.8) is 0 Å². The molecule has 2 unspecified atom stereocenters. The third-order valence-corrected chi connectivity index (χ3v) is 12.0. The number of nitrogens with zero attached hydrogens (tertiary/aromatic N) is 4. The fourth-order valence-corrected chi connectivity index (χ4v) is 8.87. The normalized spacial score (nSPS) is 21.2. The van der Waals surface area contributed by atoms with Crippen molar-refractivity contribution in [3.8, 4) is 0 Å². The predicted molar refractivity (Wildman–Crippen MR) is 218 cm³/mol. The Morgan fingerprint density at radius 2 is 1.66 bits per heavy atom. The number of rotatable bonds is 9. The number of allylic oxidation sites excluding steroid dienone is 5. The molecule has 3 fully saturated rings. The maximum absolute atomic E-state index is 14.3. The summed E-state index contributed by atoms with van der Waals surface area (Å²) < 4.78 is 89.8. The summed E-state index contributed by atoms with van der Waals surface area (Å²) in [7, 11) is 3.36. The van der Waals surface area contributed by atoms with Gasteiger partial charge >= 0.3 is 12.5 Å². The molecule has 2 N–H and O–H groups in total. The first-order valence-electron chi connectivity index (χ1n) is 20.4. The molecule has 3 saturated heterocycles. The van der Waals surface area contributed by atoms with Crippen LogP contribution in [0.5, 0.6) is 0 Å². The SMILES string of the molecule is CN(C(=O)C1CCN(c2ccc(NC3CCC(=O)NC3=O)cc2C(F)(F)F)CC1)C1CCCN(CC2=CC=C(c3cn(C)c(=O)c4ccccc34)C=C(OC(F)(F)F)C2)CC1. The van der Waals surface area contributed by atoms with E-state index in [-0.39, 0.29) is 72.9 Å². The molecular weight excluding hydrogens is 807 g/mol. The summed E-state index contributed by atoms with van der Waals surface area (Å²) in [4.78, 5) is 55.9. The summed E-state index contributed by atoms with van der Waals surface area (Å²) in [6.45, 7) is 2.12. The highest BCUT2D eigenvalue weighted by atomic mass is 19.4. The van der Waals surface area contributed by atoms with Crippen LogP contribution in [0.4, 0.5) is 37.7 Å². The Morgan fingerprint density at radius 1 is 0.918 bits per heavy atom. The van der Waals surface area contributed by atoms with Crippen molar-refractivity contribution < 1.29 is 45.5 Å².